The SMILES string of the molecule is S=C(NCc1ccc(CN2CCOCC2)cc1)Nc1cccc(Br)c1. The molecule has 25 heavy (non-hydrogen) atoms. The average Bonchev–Trinajstić information content (AvgIpc) is 2.62. The van der Waals surface area contributed by atoms with Crippen LogP contribution in [0.3, 0.4) is 0 Å². The van der Waals surface area contributed by atoms with Gasteiger partial charge in [-0.2, -0.15) is 0 Å². The lowest BCUT2D eigenvalue weighted by molar-refractivity contribution is 0.0342. The second-order valence-corrected chi connectivity index (χ2v) is 7.35. The van der Waals surface area contributed by atoms with Crippen molar-refractivity contribution in [3.8, 4) is 0 Å². The molecule has 1 fully saturated rings. The number of halogens is 1. The van der Waals surface area contributed by atoms with Gasteiger partial charge in [-0.1, -0.05) is 46.3 Å². The van der Waals surface area contributed by atoms with Crippen LogP contribution < -0.4 is 10.6 Å². The van der Waals surface area contributed by atoms with Crippen molar-refractivity contribution in [3.63, 3.8) is 0 Å². The fraction of sp³-hybridized carbons (Fsp3) is 0.316. The Labute approximate surface area is 162 Å². The van der Waals surface area contributed by atoms with E-state index in [2.05, 4.69) is 55.7 Å². The smallest absolute Gasteiger partial charge is 0.171 e. The molecule has 0 aromatic heterocycles. The van der Waals surface area contributed by atoms with Gasteiger partial charge in [-0.05, 0) is 41.5 Å². The summed E-state index contributed by atoms with van der Waals surface area (Å²) in [5, 5.41) is 7.06. The maximum Gasteiger partial charge on any atom is 0.171 e. The molecular formula is C19H22BrN3OS. The summed E-state index contributed by atoms with van der Waals surface area (Å²) in [5.41, 5.74) is 3.51. The van der Waals surface area contributed by atoms with Crippen LogP contribution in [-0.4, -0.2) is 36.3 Å². The summed E-state index contributed by atoms with van der Waals surface area (Å²) in [6, 6.07) is 16.6. The van der Waals surface area contributed by atoms with E-state index < -0.39 is 0 Å². The van der Waals surface area contributed by atoms with Gasteiger partial charge in [-0.3, -0.25) is 4.90 Å². The lowest BCUT2D eigenvalue weighted by Crippen LogP contribution is -2.35. The molecule has 1 aliphatic heterocycles. The van der Waals surface area contributed by atoms with Gasteiger partial charge in [0.15, 0.2) is 5.11 Å². The summed E-state index contributed by atoms with van der Waals surface area (Å²) in [5.74, 6) is 0. The quantitative estimate of drug-likeness (QED) is 0.721. The topological polar surface area (TPSA) is 36.5 Å². The number of benzene rings is 2. The van der Waals surface area contributed by atoms with Gasteiger partial charge >= 0.3 is 0 Å². The molecule has 0 unspecified atom stereocenters. The first-order valence-corrected chi connectivity index (χ1v) is 9.57. The summed E-state index contributed by atoms with van der Waals surface area (Å²) >= 11 is 8.81. The van der Waals surface area contributed by atoms with E-state index in [1.165, 1.54) is 11.1 Å². The first-order chi connectivity index (χ1) is 12.2. The van der Waals surface area contributed by atoms with E-state index in [1.54, 1.807) is 0 Å². The van der Waals surface area contributed by atoms with Gasteiger partial charge in [-0.25, -0.2) is 0 Å². The summed E-state index contributed by atoms with van der Waals surface area (Å²) in [6.45, 7) is 5.39. The Balaban J connectivity index is 1.45. The zero-order valence-corrected chi connectivity index (χ0v) is 16.4. The van der Waals surface area contributed by atoms with Gasteiger partial charge in [0.25, 0.3) is 0 Å². The van der Waals surface area contributed by atoms with Crippen molar-refractivity contribution in [2.24, 2.45) is 0 Å². The second-order valence-electron chi connectivity index (χ2n) is 6.02. The number of morpholine rings is 1. The molecule has 3 rings (SSSR count). The molecule has 0 saturated carbocycles. The number of thiocarbonyl (C=S) groups is 1. The number of nitrogens with one attached hydrogen (secondary N) is 2. The van der Waals surface area contributed by atoms with Gasteiger partial charge in [-0.15, -0.1) is 0 Å². The summed E-state index contributed by atoms with van der Waals surface area (Å²) in [4.78, 5) is 2.42. The van der Waals surface area contributed by atoms with Crippen LogP contribution in [0.15, 0.2) is 53.0 Å². The Morgan fingerprint density at radius 2 is 1.80 bits per heavy atom. The Morgan fingerprint density at radius 1 is 1.08 bits per heavy atom. The number of ether oxygens (including phenoxy) is 1. The molecule has 0 radical (unpaired) electrons. The highest BCUT2D eigenvalue weighted by Crippen LogP contribution is 2.15. The Hall–Kier alpha value is -1.47. The van der Waals surface area contributed by atoms with Crippen molar-refractivity contribution in [3.05, 3.63) is 64.1 Å². The Bertz CT molecular complexity index is 702. The van der Waals surface area contributed by atoms with Crippen LogP contribution in [-0.2, 0) is 17.8 Å². The normalized spacial score (nSPS) is 14.9. The number of rotatable bonds is 5. The molecule has 0 spiro atoms. The third kappa shape index (κ3) is 6.08. The molecule has 4 nitrogen and oxygen atoms in total. The maximum absolute atomic E-state index is 5.39. The maximum atomic E-state index is 5.39. The molecule has 1 heterocycles. The Kier molecular flexibility index (Phi) is 6.81. The fourth-order valence-electron chi connectivity index (χ4n) is 2.70. The third-order valence-corrected chi connectivity index (χ3v) is 4.81. The highest BCUT2D eigenvalue weighted by atomic mass is 79.9. The number of anilines is 1. The minimum absolute atomic E-state index is 0.621. The van der Waals surface area contributed by atoms with Crippen molar-refractivity contribution in [1.82, 2.24) is 10.2 Å². The molecule has 2 aromatic carbocycles. The molecule has 132 valence electrons. The molecule has 2 N–H and O–H groups in total. The third-order valence-electron chi connectivity index (χ3n) is 4.07. The van der Waals surface area contributed by atoms with Gasteiger partial charge in [0, 0.05) is 36.3 Å². The van der Waals surface area contributed by atoms with E-state index in [0.29, 0.717) is 11.7 Å². The number of hydrogen-bond acceptors (Lipinski definition) is 3. The van der Waals surface area contributed by atoms with E-state index >= 15 is 0 Å². The first-order valence-electron chi connectivity index (χ1n) is 8.37. The van der Waals surface area contributed by atoms with E-state index in [9.17, 15) is 0 Å². The summed E-state index contributed by atoms with van der Waals surface area (Å²) < 4.78 is 6.41. The molecular weight excluding hydrogens is 398 g/mol. The largest absolute Gasteiger partial charge is 0.379 e. The van der Waals surface area contributed by atoms with Crippen LogP contribution in [0.5, 0.6) is 0 Å². The van der Waals surface area contributed by atoms with Crippen LogP contribution in [0.1, 0.15) is 11.1 Å². The highest BCUT2D eigenvalue weighted by Gasteiger charge is 2.10. The molecule has 1 saturated heterocycles. The predicted molar refractivity (Wildman–Crippen MR) is 110 cm³/mol. The standard InChI is InChI=1S/C19H22BrN3OS/c20-17-2-1-3-18(12-17)22-19(25)21-13-15-4-6-16(7-5-15)14-23-8-10-24-11-9-23/h1-7,12H,8-11,13-14H2,(H2,21,22,25). The highest BCUT2D eigenvalue weighted by molar-refractivity contribution is 9.10. The van der Waals surface area contributed by atoms with Gasteiger partial charge in [0.1, 0.15) is 0 Å². The minimum Gasteiger partial charge on any atom is -0.379 e. The van der Waals surface area contributed by atoms with E-state index in [1.807, 2.05) is 24.3 Å². The van der Waals surface area contributed by atoms with Crippen LogP contribution in [0.25, 0.3) is 0 Å². The molecule has 6 heteroatoms. The first kappa shape index (κ1) is 18.3. The van der Waals surface area contributed by atoms with Crippen molar-refractivity contribution in [2.75, 3.05) is 31.6 Å². The molecule has 1 aliphatic rings. The van der Waals surface area contributed by atoms with Crippen molar-refractivity contribution in [2.45, 2.75) is 13.1 Å². The van der Waals surface area contributed by atoms with Crippen LogP contribution in [0, 0.1) is 0 Å². The average molecular weight is 420 g/mol. The lowest BCUT2D eigenvalue weighted by Gasteiger charge is -2.26. The predicted octanol–water partition coefficient (Wildman–Crippen LogP) is 3.77. The summed E-state index contributed by atoms with van der Waals surface area (Å²) in [7, 11) is 0. The van der Waals surface area contributed by atoms with Crippen LogP contribution in [0.2, 0.25) is 0 Å². The van der Waals surface area contributed by atoms with Crippen LogP contribution >= 0.6 is 28.1 Å². The van der Waals surface area contributed by atoms with Crippen molar-refractivity contribution >= 4 is 38.9 Å². The molecule has 0 bridgehead atoms. The minimum atomic E-state index is 0.621. The van der Waals surface area contributed by atoms with Crippen molar-refractivity contribution in [1.29, 1.82) is 0 Å². The van der Waals surface area contributed by atoms with Gasteiger partial charge < -0.3 is 15.4 Å². The van der Waals surface area contributed by atoms with E-state index in [0.717, 1.165) is 43.0 Å². The molecule has 2 aromatic rings. The summed E-state index contributed by atoms with van der Waals surface area (Å²) in [6.07, 6.45) is 0. The number of hydrogen-bond donors (Lipinski definition) is 2. The lowest BCUT2D eigenvalue weighted by atomic mass is 10.1. The van der Waals surface area contributed by atoms with Crippen LogP contribution in [0.4, 0.5) is 5.69 Å². The van der Waals surface area contributed by atoms with E-state index in [4.69, 9.17) is 17.0 Å². The zero-order valence-electron chi connectivity index (χ0n) is 14.0. The second kappa shape index (κ2) is 9.29. The van der Waals surface area contributed by atoms with Crippen molar-refractivity contribution < 1.29 is 4.74 Å². The monoisotopic (exact) mass is 419 g/mol. The van der Waals surface area contributed by atoms with Gasteiger partial charge in [0.2, 0.25) is 0 Å². The Morgan fingerprint density at radius 3 is 2.52 bits per heavy atom. The van der Waals surface area contributed by atoms with Gasteiger partial charge in [0.05, 0.1) is 13.2 Å². The number of nitrogens with zero attached hydrogens (tertiary/aromatic N) is 1. The zero-order chi connectivity index (χ0) is 17.5. The molecule has 0 amide bonds. The molecule has 0 atom stereocenters. The van der Waals surface area contributed by atoms with E-state index in [-0.39, 0.29) is 0 Å². The molecule has 0 aliphatic carbocycles. The fourth-order valence-corrected chi connectivity index (χ4v) is 3.29.